The minimum absolute atomic E-state index is 0.0739. The van der Waals surface area contributed by atoms with E-state index in [1.807, 2.05) is 6.07 Å². The maximum absolute atomic E-state index is 14.0. The van der Waals surface area contributed by atoms with Crippen LogP contribution in [0.4, 0.5) is 24.9 Å². The molecule has 1 spiro atoms. The van der Waals surface area contributed by atoms with Crippen molar-refractivity contribution in [1.82, 2.24) is 25.3 Å². The maximum Gasteiger partial charge on any atom is 0.419 e. The van der Waals surface area contributed by atoms with Gasteiger partial charge in [-0.2, -0.15) is 13.2 Å². The number of nitrogens with zero attached hydrogens (tertiary/aromatic N) is 4. The number of aromatic amines is 1. The molecule has 3 saturated heterocycles. The number of morpholine rings is 1. The lowest BCUT2D eigenvalue weighted by atomic mass is 9.90. The Hall–Kier alpha value is -2.96. The Morgan fingerprint density at radius 1 is 1.17 bits per heavy atom. The second-order valence-electron chi connectivity index (χ2n) is 9.64. The van der Waals surface area contributed by atoms with Gasteiger partial charge < -0.3 is 30.0 Å². The number of piperidine rings is 1. The Balaban J connectivity index is 1.30. The lowest BCUT2D eigenvalue weighted by Crippen LogP contribution is -2.45. The van der Waals surface area contributed by atoms with Crippen LogP contribution in [0.15, 0.2) is 24.5 Å². The normalized spacial score (nSPS) is 25.1. The van der Waals surface area contributed by atoms with E-state index >= 15 is 0 Å². The fraction of sp³-hybridized carbons (Fsp3) is 0.542. The summed E-state index contributed by atoms with van der Waals surface area (Å²) in [7, 11) is 0. The molecule has 6 rings (SSSR count). The first-order valence-corrected chi connectivity index (χ1v) is 12.3. The molecule has 6 heterocycles. The van der Waals surface area contributed by atoms with E-state index in [4.69, 9.17) is 9.47 Å². The molecule has 0 amide bonds. The number of H-pyrrole nitrogens is 1. The van der Waals surface area contributed by atoms with Crippen LogP contribution in [0.5, 0.6) is 0 Å². The van der Waals surface area contributed by atoms with Crippen LogP contribution in [-0.2, 0) is 15.7 Å². The molecular formula is C24H28F3N7O2. The van der Waals surface area contributed by atoms with Crippen LogP contribution >= 0.6 is 0 Å². The number of hydrogen-bond acceptors (Lipinski definition) is 8. The molecule has 36 heavy (non-hydrogen) atoms. The zero-order valence-electron chi connectivity index (χ0n) is 19.7. The number of nitrogens with one attached hydrogen (secondary N) is 3. The summed E-state index contributed by atoms with van der Waals surface area (Å²) in [5.41, 5.74) is -0.460. The van der Waals surface area contributed by atoms with Crippen molar-refractivity contribution in [2.45, 2.75) is 37.1 Å². The lowest BCUT2D eigenvalue weighted by molar-refractivity contribution is -0.137. The highest BCUT2D eigenvalue weighted by Gasteiger charge is 2.42. The standard InChI is InChI=1S/C24H28F3N7O2/c25-24(26,27)18-12-30-22(31-15-10-23(36-13-15)4-1-5-28-14-23)33-20(18)17-11-29-21-16(17)2-3-19(32-21)34-6-8-35-9-7-34/h2-3,11-12,15,28H,1,4-10,13-14H2,(H,29,32)(H,30,31,33). The molecule has 192 valence electrons. The van der Waals surface area contributed by atoms with E-state index in [0.717, 1.165) is 44.4 Å². The molecule has 0 aromatic carbocycles. The molecule has 3 aliphatic heterocycles. The van der Waals surface area contributed by atoms with Crippen LogP contribution in [0.2, 0.25) is 0 Å². The van der Waals surface area contributed by atoms with Crippen molar-refractivity contribution < 1.29 is 22.6 Å². The maximum atomic E-state index is 14.0. The van der Waals surface area contributed by atoms with Gasteiger partial charge in [0.05, 0.1) is 37.2 Å². The summed E-state index contributed by atoms with van der Waals surface area (Å²) in [6.07, 6.45) is 0.534. The van der Waals surface area contributed by atoms with Crippen LogP contribution in [0.3, 0.4) is 0 Å². The van der Waals surface area contributed by atoms with Gasteiger partial charge in [-0.05, 0) is 31.5 Å². The summed E-state index contributed by atoms with van der Waals surface area (Å²) < 4.78 is 53.3. The van der Waals surface area contributed by atoms with Gasteiger partial charge >= 0.3 is 6.18 Å². The van der Waals surface area contributed by atoms with Gasteiger partial charge in [0.15, 0.2) is 0 Å². The molecule has 2 atom stereocenters. The van der Waals surface area contributed by atoms with Crippen molar-refractivity contribution in [2.75, 3.05) is 56.2 Å². The summed E-state index contributed by atoms with van der Waals surface area (Å²) in [6, 6.07) is 3.54. The van der Waals surface area contributed by atoms with E-state index in [9.17, 15) is 13.2 Å². The summed E-state index contributed by atoms with van der Waals surface area (Å²) in [5, 5.41) is 7.14. The average molecular weight is 504 g/mol. The highest BCUT2D eigenvalue weighted by Crippen LogP contribution is 2.39. The third-order valence-electron chi connectivity index (χ3n) is 7.18. The van der Waals surface area contributed by atoms with E-state index < -0.39 is 11.7 Å². The Labute approximate surface area is 205 Å². The van der Waals surface area contributed by atoms with Gasteiger partial charge in [-0.3, -0.25) is 0 Å². The van der Waals surface area contributed by atoms with Crippen molar-refractivity contribution in [1.29, 1.82) is 0 Å². The molecule has 0 radical (unpaired) electrons. The van der Waals surface area contributed by atoms with Gasteiger partial charge in [0.25, 0.3) is 0 Å². The molecular weight excluding hydrogens is 475 g/mol. The fourth-order valence-electron chi connectivity index (χ4n) is 5.38. The number of hydrogen-bond donors (Lipinski definition) is 3. The number of rotatable bonds is 4. The van der Waals surface area contributed by atoms with Gasteiger partial charge in [-0.25, -0.2) is 15.0 Å². The molecule has 3 aliphatic rings. The highest BCUT2D eigenvalue weighted by molar-refractivity contribution is 5.94. The molecule has 9 nitrogen and oxygen atoms in total. The molecule has 0 bridgehead atoms. The zero-order valence-corrected chi connectivity index (χ0v) is 19.7. The first-order chi connectivity index (χ1) is 17.4. The summed E-state index contributed by atoms with van der Waals surface area (Å²) in [6.45, 7) is 4.88. The van der Waals surface area contributed by atoms with Gasteiger partial charge in [0, 0.05) is 49.4 Å². The van der Waals surface area contributed by atoms with Crippen LogP contribution in [0.1, 0.15) is 24.8 Å². The van der Waals surface area contributed by atoms with E-state index in [-0.39, 0.29) is 23.3 Å². The number of ether oxygens (including phenoxy) is 2. The van der Waals surface area contributed by atoms with Crippen LogP contribution < -0.4 is 15.5 Å². The Morgan fingerprint density at radius 3 is 2.81 bits per heavy atom. The molecule has 3 aromatic rings. The molecule has 2 unspecified atom stereocenters. The first-order valence-electron chi connectivity index (χ1n) is 12.3. The second kappa shape index (κ2) is 9.16. The average Bonchev–Trinajstić information content (AvgIpc) is 3.48. The summed E-state index contributed by atoms with van der Waals surface area (Å²) >= 11 is 0. The van der Waals surface area contributed by atoms with Crippen molar-refractivity contribution in [2.24, 2.45) is 0 Å². The first kappa shape index (κ1) is 23.4. The van der Waals surface area contributed by atoms with Crippen LogP contribution in [-0.4, -0.2) is 77.6 Å². The number of halogens is 3. The molecule has 3 fully saturated rings. The zero-order chi connectivity index (χ0) is 24.8. The fourth-order valence-corrected chi connectivity index (χ4v) is 5.38. The Kier molecular flexibility index (Phi) is 5.97. The van der Waals surface area contributed by atoms with E-state index in [2.05, 4.69) is 35.5 Å². The number of alkyl halides is 3. The van der Waals surface area contributed by atoms with Crippen molar-refractivity contribution in [3.63, 3.8) is 0 Å². The van der Waals surface area contributed by atoms with Crippen LogP contribution in [0.25, 0.3) is 22.3 Å². The van der Waals surface area contributed by atoms with Gasteiger partial charge in [-0.1, -0.05) is 0 Å². The van der Waals surface area contributed by atoms with Gasteiger partial charge in [0.2, 0.25) is 5.95 Å². The van der Waals surface area contributed by atoms with Gasteiger partial charge in [-0.15, -0.1) is 0 Å². The predicted octanol–water partition coefficient (Wildman–Crippen LogP) is 3.20. The predicted molar refractivity (Wildman–Crippen MR) is 128 cm³/mol. The second-order valence-corrected chi connectivity index (χ2v) is 9.64. The minimum Gasteiger partial charge on any atom is -0.378 e. The molecule has 12 heteroatoms. The Bertz CT molecular complexity index is 1240. The third-order valence-corrected chi connectivity index (χ3v) is 7.18. The number of anilines is 2. The van der Waals surface area contributed by atoms with Crippen molar-refractivity contribution in [3.05, 3.63) is 30.1 Å². The topological polar surface area (TPSA) is 100 Å². The monoisotopic (exact) mass is 503 g/mol. The van der Waals surface area contributed by atoms with Crippen LogP contribution in [0, 0.1) is 0 Å². The van der Waals surface area contributed by atoms with E-state index in [1.54, 1.807) is 6.07 Å². The van der Waals surface area contributed by atoms with Gasteiger partial charge in [0.1, 0.15) is 17.0 Å². The van der Waals surface area contributed by atoms with Crippen molar-refractivity contribution >= 4 is 22.8 Å². The largest absolute Gasteiger partial charge is 0.419 e. The SMILES string of the molecule is FC(F)(F)c1cnc(NC2COC3(CCCNC3)C2)nc1-c1c[nH]c2nc(N3CCOCC3)ccc12. The number of aromatic nitrogens is 4. The number of pyridine rings is 1. The summed E-state index contributed by atoms with van der Waals surface area (Å²) in [5.74, 6) is 0.910. The van der Waals surface area contributed by atoms with Crippen molar-refractivity contribution in [3.8, 4) is 11.3 Å². The summed E-state index contributed by atoms with van der Waals surface area (Å²) in [4.78, 5) is 18.1. The number of fused-ring (bicyclic) bond motifs is 1. The minimum atomic E-state index is -4.60. The lowest BCUT2D eigenvalue weighted by Gasteiger charge is -2.33. The van der Waals surface area contributed by atoms with E-state index in [1.165, 1.54) is 6.20 Å². The van der Waals surface area contributed by atoms with E-state index in [0.29, 0.717) is 49.5 Å². The Morgan fingerprint density at radius 2 is 2.03 bits per heavy atom. The quantitative estimate of drug-likeness (QED) is 0.499. The smallest absolute Gasteiger partial charge is 0.378 e. The molecule has 3 N–H and O–H groups in total. The molecule has 0 aliphatic carbocycles. The third kappa shape index (κ3) is 4.48. The molecule has 3 aromatic heterocycles. The molecule has 0 saturated carbocycles. The highest BCUT2D eigenvalue weighted by atomic mass is 19.4.